The van der Waals surface area contributed by atoms with Crippen molar-refractivity contribution in [2.24, 2.45) is 0 Å². The van der Waals surface area contributed by atoms with Crippen LogP contribution in [0.15, 0.2) is 0 Å². The summed E-state index contributed by atoms with van der Waals surface area (Å²) in [4.78, 5) is 0. The number of hydrogen-bond acceptors (Lipinski definition) is 0. The van der Waals surface area contributed by atoms with E-state index in [0.717, 1.165) is 0 Å². The standard InChI is InChI=1S/4Cs.4Mo.7O.7S/q4*+1;4*+6;14*-2. The van der Waals surface area contributed by atoms with Gasteiger partial charge in [0.1, 0.15) is 0 Å². The van der Waals surface area contributed by atoms with Crippen LogP contribution in [0, 0.1) is 0 Å². The topological polar surface area (TPSA) is 200 Å². The maximum atomic E-state index is 0. The predicted molar refractivity (Wildman–Crippen MR) is 56.4 cm³/mol. The second-order valence-corrected chi connectivity index (χ2v) is 0. The van der Waals surface area contributed by atoms with Gasteiger partial charge in [0.2, 0.25) is 0 Å². The monoisotopic (exact) mass is 1260 g/mol. The van der Waals surface area contributed by atoms with Crippen molar-refractivity contribution in [3.63, 3.8) is 0 Å². The molecular formula is Cs4Mo4O7S7. The van der Waals surface area contributed by atoms with Gasteiger partial charge in [-0.25, -0.2) is 0 Å². The van der Waals surface area contributed by atoms with Gasteiger partial charge >= 0.3 is 360 Å². The van der Waals surface area contributed by atoms with Crippen LogP contribution in [0.25, 0.3) is 0 Å². The molecule has 7 nitrogen and oxygen atoms in total. The summed E-state index contributed by atoms with van der Waals surface area (Å²) in [6, 6.07) is 0. The zero-order valence-electron chi connectivity index (χ0n) is 11.3. The van der Waals surface area contributed by atoms with Crippen LogP contribution in [0.4, 0.5) is 0 Å². The number of hydrogen-bond donors (Lipinski definition) is 0. The predicted octanol–water partition coefficient (Wildman–Crippen LogP) is -12.8. The van der Waals surface area contributed by atoms with Crippen molar-refractivity contribution in [2.45, 2.75) is 0 Å². The van der Waals surface area contributed by atoms with Crippen LogP contribution in [-0.2, 0) is 217 Å². The maximum Gasteiger partial charge on any atom is 6.00 e. The third kappa shape index (κ3) is 198. The molecule has 0 saturated heterocycles. The molecule has 0 rings (SSSR count). The molecule has 0 saturated carbocycles. The first kappa shape index (κ1) is 237. The average Bonchev–Trinajstić information content (AvgIpc) is 0. The zero-order valence-corrected chi connectivity index (χ0v) is 50.2. The van der Waals surface area contributed by atoms with Gasteiger partial charge in [-0.05, 0) is 0 Å². The molecule has 0 unspecified atom stereocenters. The van der Waals surface area contributed by atoms with Crippen LogP contribution < -0.4 is 276 Å². The fourth-order valence-electron chi connectivity index (χ4n) is 0. The van der Waals surface area contributed by atoms with Gasteiger partial charge in [0.25, 0.3) is 0 Å². The van der Waals surface area contributed by atoms with Gasteiger partial charge in [-0.15, -0.1) is 0 Å². The van der Waals surface area contributed by atoms with E-state index in [2.05, 4.69) is 0 Å². The molecule has 22 heavy (non-hydrogen) atoms. The molecule has 0 aromatic carbocycles. The van der Waals surface area contributed by atoms with Gasteiger partial charge in [-0.3, -0.25) is 0 Å². The van der Waals surface area contributed by atoms with E-state index in [4.69, 9.17) is 0 Å². The van der Waals surface area contributed by atoms with E-state index in [1.54, 1.807) is 0 Å². The maximum absolute atomic E-state index is 0. The summed E-state index contributed by atoms with van der Waals surface area (Å²) < 4.78 is 0. The second kappa shape index (κ2) is 217. The van der Waals surface area contributed by atoms with Crippen LogP contribution >= 0.6 is 0 Å². The van der Waals surface area contributed by atoms with Gasteiger partial charge in [0.05, 0.1) is 0 Å². The van der Waals surface area contributed by atoms with E-state index >= 15 is 0 Å². The molecule has 22 heteroatoms. The molecule has 0 spiro atoms. The molecule has 0 aromatic heterocycles. The van der Waals surface area contributed by atoms with Crippen LogP contribution in [-0.4, -0.2) is 0 Å². The summed E-state index contributed by atoms with van der Waals surface area (Å²) >= 11 is 0. The Balaban J connectivity index is 0. The average molecular weight is 1250 g/mol. The second-order valence-electron chi connectivity index (χ2n) is 0. The Bertz CT molecular complexity index is 42.8. The van der Waals surface area contributed by atoms with Crippen molar-refractivity contribution in [3.8, 4) is 0 Å². The Morgan fingerprint density at radius 3 is 0.182 bits per heavy atom. The molecule has 0 heterocycles. The number of rotatable bonds is 0. The largest absolute Gasteiger partial charge is 6.00 e. The van der Waals surface area contributed by atoms with Crippen molar-refractivity contribution in [1.29, 1.82) is 0 Å². The molecule has 0 bridgehead atoms. The SMILES string of the molecule is [Cs+].[Cs+].[Cs+].[Cs+].[Mo+6].[Mo+6].[Mo+6].[Mo+6].[O-2].[O-2].[O-2].[O-2].[O-2].[O-2].[O-2].[S-2].[S-2].[S-2].[S-2].[S-2].[S-2].[S-2]. The molecule has 0 aliphatic carbocycles. The summed E-state index contributed by atoms with van der Waals surface area (Å²) in [7, 11) is 0. The molecule has 0 N–H and O–H groups in total. The minimum atomic E-state index is 0. The van der Waals surface area contributed by atoms with Crippen molar-refractivity contribution in [3.05, 3.63) is 0 Å². The fourth-order valence-corrected chi connectivity index (χ4v) is 0. The van der Waals surface area contributed by atoms with Crippen molar-refractivity contribution in [2.75, 3.05) is 0 Å². The smallest absolute Gasteiger partial charge is 2.00 e. The van der Waals surface area contributed by atoms with E-state index in [0.29, 0.717) is 0 Å². The van der Waals surface area contributed by atoms with Gasteiger partial charge < -0.3 is 133 Å². The third-order valence-corrected chi connectivity index (χ3v) is 0. The van der Waals surface area contributed by atoms with E-state index in [-0.39, 0.29) is 493 Å². The van der Waals surface area contributed by atoms with Crippen LogP contribution in [0.2, 0.25) is 0 Å². The fraction of sp³-hybridized carbons (Fsp3) is 0. The molecule has 0 atom stereocenters. The molecule has 112 valence electrons. The van der Waals surface area contributed by atoms with Crippen LogP contribution in [0.3, 0.4) is 0 Å². The minimum absolute atomic E-state index is 0. The Morgan fingerprint density at radius 1 is 0.182 bits per heavy atom. The zero-order chi connectivity index (χ0) is 0. The summed E-state index contributed by atoms with van der Waals surface area (Å²) in [5.74, 6) is 0. The summed E-state index contributed by atoms with van der Waals surface area (Å²) in [6.07, 6.45) is 0. The van der Waals surface area contributed by atoms with E-state index in [1.807, 2.05) is 0 Å². The van der Waals surface area contributed by atoms with Crippen LogP contribution in [0.5, 0.6) is 0 Å². The first-order chi connectivity index (χ1) is 0. The minimum Gasteiger partial charge on any atom is -2.00 e. The summed E-state index contributed by atoms with van der Waals surface area (Å²) in [5, 5.41) is 0. The van der Waals surface area contributed by atoms with Gasteiger partial charge in [0.15, 0.2) is 0 Å². The third-order valence-electron chi connectivity index (χ3n) is 0. The van der Waals surface area contributed by atoms with Gasteiger partial charge in [0, 0.05) is 0 Å². The van der Waals surface area contributed by atoms with E-state index in [1.165, 1.54) is 0 Å². The van der Waals surface area contributed by atoms with E-state index in [9.17, 15) is 0 Å². The first-order valence-electron chi connectivity index (χ1n) is 0. The normalized spacial score (nSPS) is 0. The van der Waals surface area contributed by atoms with Crippen molar-refractivity contribution < 1.29 is 398 Å². The van der Waals surface area contributed by atoms with Gasteiger partial charge in [-0.1, -0.05) is 0 Å². The first-order valence-corrected chi connectivity index (χ1v) is 0. The Kier molecular flexibility index (Phi) is 2340. The van der Waals surface area contributed by atoms with Gasteiger partial charge in [-0.2, -0.15) is 0 Å². The van der Waals surface area contributed by atoms with Crippen LogP contribution in [0.1, 0.15) is 0 Å². The Morgan fingerprint density at radius 2 is 0.182 bits per heavy atom. The quantitative estimate of drug-likeness (QED) is 0.208. The molecule has 0 aromatic rings. The van der Waals surface area contributed by atoms with Crippen molar-refractivity contribution >= 4 is 94.5 Å². The molecule has 0 aliphatic rings. The van der Waals surface area contributed by atoms with Crippen molar-refractivity contribution in [1.82, 2.24) is 0 Å². The molecule has 0 radical (unpaired) electrons. The molecular weight excluding hydrogens is 1250 g/mol. The summed E-state index contributed by atoms with van der Waals surface area (Å²) in [6.45, 7) is 0. The molecule has 0 fully saturated rings. The molecule has 0 aliphatic heterocycles. The molecule has 0 amide bonds. The van der Waals surface area contributed by atoms with E-state index < -0.39 is 0 Å². The summed E-state index contributed by atoms with van der Waals surface area (Å²) in [5.41, 5.74) is 0. The Hall–Kier alpha value is 13.1. The Labute approximate surface area is 475 Å².